The van der Waals surface area contributed by atoms with E-state index in [4.69, 9.17) is 0 Å². The lowest BCUT2D eigenvalue weighted by Gasteiger charge is -2.03. The monoisotopic (exact) mass is 246 g/mol. The van der Waals surface area contributed by atoms with Gasteiger partial charge in [-0.25, -0.2) is 9.07 Å². The number of aromatic nitrogens is 2. The van der Waals surface area contributed by atoms with Gasteiger partial charge in [-0.15, -0.1) is 0 Å². The molecular weight excluding hydrogens is 231 g/mol. The Morgan fingerprint density at radius 3 is 2.72 bits per heavy atom. The molecule has 0 radical (unpaired) electrons. The van der Waals surface area contributed by atoms with Crippen LogP contribution >= 0.6 is 0 Å². The molecule has 0 fully saturated rings. The van der Waals surface area contributed by atoms with Gasteiger partial charge in [0.2, 0.25) is 0 Å². The molecule has 1 aliphatic carbocycles. The number of benzene rings is 1. The quantitative estimate of drug-likeness (QED) is 0.771. The maximum absolute atomic E-state index is 13.7. The normalized spacial score (nSPS) is 15.2. The van der Waals surface area contributed by atoms with Crippen molar-refractivity contribution in [1.82, 2.24) is 9.78 Å². The first-order valence-corrected chi connectivity index (χ1v) is 6.35. The van der Waals surface area contributed by atoms with E-state index < -0.39 is 0 Å². The molecule has 3 nitrogen and oxygen atoms in total. The summed E-state index contributed by atoms with van der Waals surface area (Å²) in [5.41, 5.74) is 2.00. The van der Waals surface area contributed by atoms with Crippen LogP contribution in [-0.2, 0) is 12.8 Å². The molecule has 0 spiro atoms. The van der Waals surface area contributed by atoms with Crippen LogP contribution in [0.15, 0.2) is 29.1 Å². The zero-order valence-corrected chi connectivity index (χ0v) is 10.1. The highest BCUT2D eigenvalue weighted by Crippen LogP contribution is 2.18. The highest BCUT2D eigenvalue weighted by Gasteiger charge is 2.18. The van der Waals surface area contributed by atoms with Crippen LogP contribution in [0, 0.1) is 5.82 Å². The van der Waals surface area contributed by atoms with Crippen LogP contribution in [-0.4, -0.2) is 9.78 Å². The van der Waals surface area contributed by atoms with Gasteiger partial charge in [0, 0.05) is 11.3 Å². The van der Waals surface area contributed by atoms with Crippen molar-refractivity contribution in [2.75, 3.05) is 0 Å². The van der Waals surface area contributed by atoms with Crippen molar-refractivity contribution in [3.63, 3.8) is 0 Å². The maximum Gasteiger partial charge on any atom is 0.274 e. The van der Waals surface area contributed by atoms with Gasteiger partial charge in [-0.3, -0.25) is 9.89 Å². The van der Waals surface area contributed by atoms with Crippen LogP contribution in [0.4, 0.5) is 4.39 Å². The lowest BCUT2D eigenvalue weighted by Crippen LogP contribution is -2.18. The van der Waals surface area contributed by atoms with E-state index in [0.717, 1.165) is 43.4 Å². The van der Waals surface area contributed by atoms with Crippen LogP contribution in [0.2, 0.25) is 0 Å². The van der Waals surface area contributed by atoms with E-state index in [0.29, 0.717) is 5.69 Å². The number of nitrogens with one attached hydrogen (secondary N) is 1. The number of hydrogen-bond donors (Lipinski definition) is 1. The standard InChI is InChI=1S/C14H15FN2O/c15-11-7-4-5-9-13(11)17-14(18)10-6-2-1-3-8-12(10)16-17/h4-5,7,9,16H,1-3,6,8H2. The first-order valence-electron chi connectivity index (χ1n) is 6.35. The molecule has 1 aliphatic rings. The zero-order chi connectivity index (χ0) is 12.5. The summed E-state index contributed by atoms with van der Waals surface area (Å²) in [6.45, 7) is 0. The fourth-order valence-electron chi connectivity index (χ4n) is 2.56. The number of fused-ring (bicyclic) bond motifs is 1. The van der Waals surface area contributed by atoms with Gasteiger partial charge in [0.05, 0.1) is 0 Å². The molecule has 4 heteroatoms. The average Bonchev–Trinajstić information content (AvgIpc) is 2.56. The number of aromatic amines is 1. The molecule has 0 atom stereocenters. The molecule has 1 heterocycles. The summed E-state index contributed by atoms with van der Waals surface area (Å²) in [5.74, 6) is -0.379. The molecule has 18 heavy (non-hydrogen) atoms. The van der Waals surface area contributed by atoms with Crippen LogP contribution in [0.3, 0.4) is 0 Å². The van der Waals surface area contributed by atoms with Crippen molar-refractivity contribution >= 4 is 0 Å². The second-order valence-electron chi connectivity index (χ2n) is 4.72. The lowest BCUT2D eigenvalue weighted by molar-refractivity contribution is 0.605. The minimum atomic E-state index is -0.379. The van der Waals surface area contributed by atoms with E-state index in [1.165, 1.54) is 10.7 Å². The van der Waals surface area contributed by atoms with Gasteiger partial charge in [0.15, 0.2) is 0 Å². The minimum absolute atomic E-state index is 0.1000. The first-order chi connectivity index (χ1) is 8.77. The van der Waals surface area contributed by atoms with Gasteiger partial charge in [-0.2, -0.15) is 0 Å². The molecule has 1 aromatic heterocycles. The summed E-state index contributed by atoms with van der Waals surface area (Å²) in [6.07, 6.45) is 4.96. The summed E-state index contributed by atoms with van der Waals surface area (Å²) in [6, 6.07) is 6.34. The Balaban J connectivity index is 2.15. The number of aryl methyl sites for hydroxylation is 1. The molecule has 0 unspecified atom stereocenters. The van der Waals surface area contributed by atoms with Gasteiger partial charge in [-0.1, -0.05) is 18.6 Å². The van der Waals surface area contributed by atoms with Crippen molar-refractivity contribution in [2.24, 2.45) is 0 Å². The Morgan fingerprint density at radius 2 is 1.89 bits per heavy atom. The third-order valence-corrected chi connectivity index (χ3v) is 3.52. The van der Waals surface area contributed by atoms with Gasteiger partial charge in [0.25, 0.3) is 5.56 Å². The number of rotatable bonds is 1. The number of halogens is 1. The highest BCUT2D eigenvalue weighted by molar-refractivity contribution is 5.34. The third kappa shape index (κ3) is 1.78. The van der Waals surface area contributed by atoms with Crippen molar-refractivity contribution in [3.05, 3.63) is 51.7 Å². The topological polar surface area (TPSA) is 37.8 Å². The van der Waals surface area contributed by atoms with E-state index in [9.17, 15) is 9.18 Å². The zero-order valence-electron chi connectivity index (χ0n) is 10.1. The Hall–Kier alpha value is -1.84. The van der Waals surface area contributed by atoms with Crippen molar-refractivity contribution in [3.8, 4) is 5.69 Å². The Kier molecular flexibility index (Phi) is 2.78. The SMILES string of the molecule is O=c1c2c([nH]n1-c1ccccc1F)CCCCC2. The van der Waals surface area contributed by atoms with Gasteiger partial charge >= 0.3 is 0 Å². The van der Waals surface area contributed by atoms with E-state index in [2.05, 4.69) is 5.10 Å². The molecule has 3 rings (SSSR count). The number of nitrogens with zero attached hydrogens (tertiary/aromatic N) is 1. The highest BCUT2D eigenvalue weighted by atomic mass is 19.1. The number of hydrogen-bond acceptors (Lipinski definition) is 1. The molecule has 0 aliphatic heterocycles. The molecule has 1 N–H and O–H groups in total. The molecule has 1 aromatic carbocycles. The molecule has 0 saturated carbocycles. The van der Waals surface area contributed by atoms with Crippen LogP contribution in [0.25, 0.3) is 5.69 Å². The van der Waals surface area contributed by atoms with E-state index in [1.54, 1.807) is 18.2 Å². The number of para-hydroxylation sites is 1. The van der Waals surface area contributed by atoms with Crippen LogP contribution in [0.1, 0.15) is 30.5 Å². The van der Waals surface area contributed by atoms with E-state index >= 15 is 0 Å². The van der Waals surface area contributed by atoms with Crippen LogP contribution in [0.5, 0.6) is 0 Å². The average molecular weight is 246 g/mol. The van der Waals surface area contributed by atoms with Crippen molar-refractivity contribution in [2.45, 2.75) is 32.1 Å². The van der Waals surface area contributed by atoms with Crippen LogP contribution < -0.4 is 5.56 Å². The second-order valence-corrected chi connectivity index (χ2v) is 4.72. The molecule has 0 bridgehead atoms. The predicted molar refractivity (Wildman–Crippen MR) is 67.6 cm³/mol. The Labute approximate surface area is 104 Å². The molecule has 0 saturated heterocycles. The van der Waals surface area contributed by atoms with Gasteiger partial charge < -0.3 is 0 Å². The molecular formula is C14H15FN2O. The summed E-state index contributed by atoms with van der Waals surface area (Å²) < 4.78 is 15.1. The maximum atomic E-state index is 13.7. The molecule has 2 aromatic rings. The smallest absolute Gasteiger partial charge is 0.274 e. The van der Waals surface area contributed by atoms with E-state index in [-0.39, 0.29) is 11.4 Å². The Bertz CT molecular complexity index is 627. The largest absolute Gasteiger partial charge is 0.295 e. The number of H-pyrrole nitrogens is 1. The minimum Gasteiger partial charge on any atom is -0.295 e. The molecule has 94 valence electrons. The van der Waals surface area contributed by atoms with Crippen molar-refractivity contribution < 1.29 is 4.39 Å². The second kappa shape index (κ2) is 4.44. The lowest BCUT2D eigenvalue weighted by atomic mass is 10.1. The van der Waals surface area contributed by atoms with Crippen molar-refractivity contribution in [1.29, 1.82) is 0 Å². The van der Waals surface area contributed by atoms with Gasteiger partial charge in [0.1, 0.15) is 11.5 Å². The van der Waals surface area contributed by atoms with E-state index in [1.807, 2.05) is 0 Å². The summed E-state index contributed by atoms with van der Waals surface area (Å²) >= 11 is 0. The fraction of sp³-hybridized carbons (Fsp3) is 0.357. The fourth-order valence-corrected chi connectivity index (χ4v) is 2.56. The predicted octanol–water partition coefficient (Wildman–Crippen LogP) is 2.57. The molecule has 0 amide bonds. The summed E-state index contributed by atoms with van der Waals surface area (Å²) in [5, 5.41) is 3.06. The summed E-state index contributed by atoms with van der Waals surface area (Å²) in [4.78, 5) is 12.3. The summed E-state index contributed by atoms with van der Waals surface area (Å²) in [7, 11) is 0. The first kappa shape index (κ1) is 11.3. The van der Waals surface area contributed by atoms with Gasteiger partial charge in [-0.05, 0) is 37.8 Å². The Morgan fingerprint density at radius 1 is 1.11 bits per heavy atom. The third-order valence-electron chi connectivity index (χ3n) is 3.52.